The van der Waals surface area contributed by atoms with Crippen LogP contribution in [-0.4, -0.2) is 24.1 Å². The summed E-state index contributed by atoms with van der Waals surface area (Å²) in [5, 5.41) is 4.24. The van der Waals surface area contributed by atoms with E-state index in [9.17, 15) is 0 Å². The fourth-order valence-electron chi connectivity index (χ4n) is 9.46. The van der Waals surface area contributed by atoms with Crippen LogP contribution in [0.2, 0.25) is 0 Å². The maximum atomic E-state index is 7.81. The molecule has 7 nitrogen and oxygen atoms in total. The molecular weight excluding hydrogens is 707 g/mol. The minimum Gasteiger partial charge on any atom is -0.309 e. The zero-order chi connectivity index (χ0) is 37.1. The summed E-state index contributed by atoms with van der Waals surface area (Å²) in [6.45, 7) is 15.6. The van der Waals surface area contributed by atoms with Crippen LogP contribution in [0.4, 0.5) is 11.4 Å². The van der Waals surface area contributed by atoms with Crippen LogP contribution in [0.5, 0.6) is 0 Å². The van der Waals surface area contributed by atoms with Crippen LogP contribution in [0.3, 0.4) is 0 Å². The highest BCUT2D eigenvalue weighted by molar-refractivity contribution is 7.99. The Hall–Kier alpha value is -7.52. The van der Waals surface area contributed by atoms with E-state index in [-0.39, 0.29) is 0 Å². The van der Waals surface area contributed by atoms with Gasteiger partial charge in [0.15, 0.2) is 11.4 Å². The maximum Gasteiger partial charge on any atom is 0.188 e. The number of para-hydroxylation sites is 1. The molecule has 1 spiro atoms. The van der Waals surface area contributed by atoms with Gasteiger partial charge in [-0.3, -0.25) is 15.0 Å². The van der Waals surface area contributed by atoms with Gasteiger partial charge >= 0.3 is 0 Å². The summed E-state index contributed by atoms with van der Waals surface area (Å²) in [5.41, 5.74) is 12.8. The lowest BCUT2D eigenvalue weighted by molar-refractivity contribution is 0.712. The summed E-state index contributed by atoms with van der Waals surface area (Å²) >= 11 is 1.79. The highest BCUT2D eigenvalue weighted by Gasteiger charge is 2.53. The van der Waals surface area contributed by atoms with Crippen molar-refractivity contribution in [2.24, 2.45) is 0 Å². The molecule has 0 bridgehead atoms. The van der Waals surface area contributed by atoms with Gasteiger partial charge < -0.3 is 9.13 Å². The average Bonchev–Trinajstić information content (AvgIpc) is 3.87. The number of hydrogen-bond acceptors (Lipinski definition) is 4. The Morgan fingerprint density at radius 2 is 1.20 bits per heavy atom. The smallest absolute Gasteiger partial charge is 0.188 e. The van der Waals surface area contributed by atoms with E-state index in [0.29, 0.717) is 11.4 Å². The Kier molecular flexibility index (Phi) is 6.21. The molecule has 12 rings (SSSR count). The average molecular weight is 732 g/mol. The Bertz CT molecular complexity index is 3280. The van der Waals surface area contributed by atoms with Crippen molar-refractivity contribution in [3.63, 3.8) is 0 Å². The molecule has 1 aliphatic carbocycles. The molecular formula is C48H25N7S. The molecule has 1 aliphatic heterocycles. The molecule has 8 heteroatoms. The minimum atomic E-state index is -0.767. The van der Waals surface area contributed by atoms with E-state index >= 15 is 0 Å². The predicted octanol–water partition coefficient (Wildman–Crippen LogP) is 12.0. The summed E-state index contributed by atoms with van der Waals surface area (Å²) in [7, 11) is 0. The number of nitrogens with zero attached hydrogens (tertiary/aromatic N) is 7. The normalized spacial score (nSPS) is 13.4. The Morgan fingerprint density at radius 1 is 0.518 bits per heavy atom. The van der Waals surface area contributed by atoms with E-state index < -0.39 is 5.41 Å². The summed E-state index contributed by atoms with van der Waals surface area (Å²) < 4.78 is 4.64. The predicted molar refractivity (Wildman–Crippen MR) is 222 cm³/mol. The standard InChI is InChI=1S/C48H25N7S/c1-49-28-14-18-39-33(24-28)34-25-29(50-2)15-19-40(34)55(39)41-12-5-13-43-45(41)48(36-9-6-21-52-46(36)47-37(48)10-7-22-53-47)35-17-16-30(26-44(35)56-43)54-38-11-4-3-8-31(38)32-20-23-51-27-42(32)54/h3-27H. The number of pyridine rings is 3. The first-order chi connectivity index (χ1) is 27.7. The second-order valence-electron chi connectivity index (χ2n) is 14.2. The monoisotopic (exact) mass is 731 g/mol. The van der Waals surface area contributed by atoms with Crippen molar-refractivity contribution in [1.82, 2.24) is 24.1 Å². The molecule has 6 heterocycles. The zero-order valence-corrected chi connectivity index (χ0v) is 30.3. The molecule has 0 radical (unpaired) electrons. The molecule has 2 aliphatic rings. The first-order valence-corrected chi connectivity index (χ1v) is 19.0. The lowest BCUT2D eigenvalue weighted by atomic mass is 9.67. The third-order valence-corrected chi connectivity index (χ3v) is 12.7. The van der Waals surface area contributed by atoms with Crippen molar-refractivity contribution >= 4 is 66.7 Å². The first kappa shape index (κ1) is 30.9. The molecule has 0 saturated carbocycles. The first-order valence-electron chi connectivity index (χ1n) is 18.2. The van der Waals surface area contributed by atoms with Gasteiger partial charge in [-0.1, -0.05) is 66.4 Å². The van der Waals surface area contributed by atoms with Crippen molar-refractivity contribution < 1.29 is 0 Å². The quantitative estimate of drug-likeness (QED) is 0.166. The van der Waals surface area contributed by atoms with E-state index in [0.717, 1.165) is 87.6 Å². The number of benzene rings is 5. The molecule has 5 aromatic carbocycles. The number of aromatic nitrogens is 5. The van der Waals surface area contributed by atoms with Crippen molar-refractivity contribution in [1.29, 1.82) is 0 Å². The topological polar surface area (TPSA) is 57.2 Å². The summed E-state index contributed by atoms with van der Waals surface area (Å²) in [6.07, 6.45) is 7.54. The Morgan fingerprint density at radius 3 is 1.91 bits per heavy atom. The Balaban J connectivity index is 1.20. The number of hydrogen-bond donors (Lipinski definition) is 0. The summed E-state index contributed by atoms with van der Waals surface area (Å²) in [5.74, 6) is 0. The van der Waals surface area contributed by atoms with Gasteiger partial charge in [0.2, 0.25) is 0 Å². The third-order valence-electron chi connectivity index (χ3n) is 11.6. The van der Waals surface area contributed by atoms with Crippen LogP contribution in [-0.2, 0) is 5.41 Å². The molecule has 0 amide bonds. The number of rotatable bonds is 2. The van der Waals surface area contributed by atoms with Crippen LogP contribution >= 0.6 is 11.8 Å². The van der Waals surface area contributed by atoms with E-state index in [1.807, 2.05) is 73.3 Å². The van der Waals surface area contributed by atoms with E-state index in [1.54, 1.807) is 11.8 Å². The lowest BCUT2D eigenvalue weighted by Gasteiger charge is -2.41. The lowest BCUT2D eigenvalue weighted by Crippen LogP contribution is -2.33. The van der Waals surface area contributed by atoms with Gasteiger partial charge in [0, 0.05) is 50.4 Å². The summed E-state index contributed by atoms with van der Waals surface area (Å²) in [4.78, 5) is 24.4. The highest BCUT2D eigenvalue weighted by atomic mass is 32.2. The largest absolute Gasteiger partial charge is 0.309 e. The molecule has 0 atom stereocenters. The molecule has 56 heavy (non-hydrogen) atoms. The van der Waals surface area contributed by atoms with E-state index in [4.69, 9.17) is 23.1 Å². The van der Waals surface area contributed by atoms with Gasteiger partial charge in [-0.25, -0.2) is 9.69 Å². The van der Waals surface area contributed by atoms with Crippen molar-refractivity contribution in [2.75, 3.05) is 0 Å². The van der Waals surface area contributed by atoms with Crippen LogP contribution in [0.25, 0.3) is 76.1 Å². The van der Waals surface area contributed by atoms with Gasteiger partial charge in [-0.05, 0) is 100 Å². The van der Waals surface area contributed by atoms with Crippen molar-refractivity contribution in [3.05, 3.63) is 197 Å². The molecule has 0 saturated heterocycles. The molecule has 10 aromatic rings. The van der Waals surface area contributed by atoms with Crippen LogP contribution < -0.4 is 0 Å². The van der Waals surface area contributed by atoms with Gasteiger partial charge in [-0.15, -0.1) is 0 Å². The molecule has 0 N–H and O–H groups in total. The Labute approximate surface area is 324 Å². The zero-order valence-electron chi connectivity index (χ0n) is 29.5. The van der Waals surface area contributed by atoms with Crippen molar-refractivity contribution in [3.8, 4) is 22.8 Å². The van der Waals surface area contributed by atoms with Crippen LogP contribution in [0.15, 0.2) is 162 Å². The fourth-order valence-corrected chi connectivity index (χ4v) is 10.7. The summed E-state index contributed by atoms with van der Waals surface area (Å²) in [6, 6.07) is 44.4. The highest BCUT2D eigenvalue weighted by Crippen LogP contribution is 2.63. The second kappa shape index (κ2) is 11.3. The van der Waals surface area contributed by atoms with Gasteiger partial charge in [0.05, 0.1) is 63.9 Å². The van der Waals surface area contributed by atoms with Gasteiger partial charge in [0.25, 0.3) is 0 Å². The molecule has 0 fully saturated rings. The maximum absolute atomic E-state index is 7.81. The molecule has 5 aromatic heterocycles. The van der Waals surface area contributed by atoms with Crippen LogP contribution in [0.1, 0.15) is 22.3 Å². The van der Waals surface area contributed by atoms with Gasteiger partial charge in [-0.2, -0.15) is 0 Å². The van der Waals surface area contributed by atoms with E-state index in [2.05, 4.69) is 103 Å². The minimum absolute atomic E-state index is 0.562. The SMILES string of the molecule is [C-]#[N+]c1ccc2c(c1)c1cc([N+]#[C-])ccc1n2-c1cccc2c1C1(c3ccc(-n4c5ccccc5c5ccncc54)cc3S2)c2cccnc2-c2ncccc21. The fraction of sp³-hybridized carbons (Fsp3) is 0.0208. The molecule has 0 unspecified atom stereocenters. The van der Waals surface area contributed by atoms with Crippen molar-refractivity contribution in [2.45, 2.75) is 15.2 Å². The van der Waals surface area contributed by atoms with Crippen LogP contribution in [0, 0.1) is 13.1 Å². The third kappa shape index (κ3) is 3.88. The second-order valence-corrected chi connectivity index (χ2v) is 15.3. The number of fused-ring (bicyclic) bond motifs is 15. The van der Waals surface area contributed by atoms with E-state index in [1.165, 1.54) is 10.8 Å². The molecule has 258 valence electrons. The van der Waals surface area contributed by atoms with Gasteiger partial charge in [0.1, 0.15) is 0 Å².